The summed E-state index contributed by atoms with van der Waals surface area (Å²) in [4.78, 5) is 11.5. The topological polar surface area (TPSA) is 73.6 Å². The van der Waals surface area contributed by atoms with E-state index >= 15 is 0 Å². The third-order valence-electron chi connectivity index (χ3n) is 2.54. The molecule has 1 amide bonds. The minimum absolute atomic E-state index is 0.00560. The number of carbonyl (C=O) groups excluding carboxylic acids is 1. The van der Waals surface area contributed by atoms with E-state index in [0.717, 1.165) is 12.0 Å². The van der Waals surface area contributed by atoms with Crippen LogP contribution >= 0.6 is 0 Å². The Morgan fingerprint density at radius 3 is 2.89 bits per heavy atom. The van der Waals surface area contributed by atoms with Crippen molar-refractivity contribution in [1.82, 2.24) is 5.32 Å². The van der Waals surface area contributed by atoms with Crippen LogP contribution in [-0.4, -0.2) is 32.3 Å². The minimum atomic E-state index is -0.136. The highest BCUT2D eigenvalue weighted by Crippen LogP contribution is 2.16. The van der Waals surface area contributed by atoms with Crippen LogP contribution in [0.3, 0.4) is 0 Å². The van der Waals surface area contributed by atoms with Gasteiger partial charge in [0.2, 0.25) is 0 Å². The molecule has 0 atom stereocenters. The zero-order valence-corrected chi connectivity index (χ0v) is 11.4. The normalized spacial score (nSPS) is 10.2. The summed E-state index contributed by atoms with van der Waals surface area (Å²) in [6.07, 6.45) is 0.805. The van der Waals surface area contributed by atoms with Gasteiger partial charge in [-0.25, -0.2) is 0 Å². The van der Waals surface area contributed by atoms with Crippen molar-refractivity contribution in [2.75, 3.05) is 26.4 Å². The lowest BCUT2D eigenvalue weighted by Gasteiger charge is -2.10. The number of para-hydroxylation sites is 1. The molecule has 1 rings (SSSR count). The van der Waals surface area contributed by atoms with Gasteiger partial charge in [0, 0.05) is 31.9 Å². The quantitative estimate of drug-likeness (QED) is 0.656. The lowest BCUT2D eigenvalue weighted by molar-refractivity contribution is -0.123. The van der Waals surface area contributed by atoms with Crippen LogP contribution in [0, 0.1) is 0 Å². The van der Waals surface area contributed by atoms with Gasteiger partial charge in [0.1, 0.15) is 5.75 Å². The van der Waals surface area contributed by atoms with Crippen LogP contribution in [0.5, 0.6) is 5.75 Å². The summed E-state index contributed by atoms with van der Waals surface area (Å²) in [6.45, 7) is 4.31. The average Bonchev–Trinajstić information content (AvgIpc) is 2.45. The van der Waals surface area contributed by atoms with E-state index in [9.17, 15) is 4.79 Å². The Bertz CT molecular complexity index is 383. The van der Waals surface area contributed by atoms with Gasteiger partial charge in [-0.3, -0.25) is 4.79 Å². The standard InChI is InChI=1S/C14H22N2O3/c1-2-18-9-5-8-16-14(17)11-19-13-7-4-3-6-12(13)10-15/h3-4,6-7H,2,5,8-11,15H2,1H3,(H,16,17). The number of nitrogens with two attached hydrogens (primary N) is 1. The summed E-state index contributed by atoms with van der Waals surface area (Å²) < 4.78 is 10.6. The van der Waals surface area contributed by atoms with Crippen LogP contribution in [0.1, 0.15) is 18.9 Å². The second-order valence-electron chi connectivity index (χ2n) is 4.00. The average molecular weight is 266 g/mol. The Balaban J connectivity index is 2.22. The summed E-state index contributed by atoms with van der Waals surface area (Å²) in [5.74, 6) is 0.526. The molecule has 0 saturated carbocycles. The van der Waals surface area contributed by atoms with Gasteiger partial charge in [-0.15, -0.1) is 0 Å². The minimum Gasteiger partial charge on any atom is -0.483 e. The summed E-state index contributed by atoms with van der Waals surface area (Å²) in [7, 11) is 0. The molecule has 0 bridgehead atoms. The predicted octanol–water partition coefficient (Wildman–Crippen LogP) is 1.07. The highest BCUT2D eigenvalue weighted by molar-refractivity contribution is 5.77. The molecule has 19 heavy (non-hydrogen) atoms. The molecule has 0 aliphatic heterocycles. The van der Waals surface area contributed by atoms with Crippen LogP contribution < -0.4 is 15.8 Å². The third-order valence-corrected chi connectivity index (χ3v) is 2.54. The Labute approximate surface area is 114 Å². The second kappa shape index (κ2) is 9.35. The zero-order valence-electron chi connectivity index (χ0n) is 11.4. The Morgan fingerprint density at radius 2 is 2.16 bits per heavy atom. The van der Waals surface area contributed by atoms with E-state index in [-0.39, 0.29) is 12.5 Å². The Kier molecular flexibility index (Phi) is 7.62. The smallest absolute Gasteiger partial charge is 0.257 e. The van der Waals surface area contributed by atoms with Gasteiger partial charge in [0.05, 0.1) is 0 Å². The molecule has 0 radical (unpaired) electrons. The van der Waals surface area contributed by atoms with Crippen molar-refractivity contribution in [3.63, 3.8) is 0 Å². The number of rotatable bonds is 9. The molecule has 0 heterocycles. The van der Waals surface area contributed by atoms with Crippen molar-refractivity contribution in [2.24, 2.45) is 5.73 Å². The maximum absolute atomic E-state index is 11.5. The fourth-order valence-electron chi connectivity index (χ4n) is 1.55. The number of carbonyl (C=O) groups is 1. The molecule has 0 spiro atoms. The molecule has 5 heteroatoms. The van der Waals surface area contributed by atoms with Crippen LogP contribution in [0.4, 0.5) is 0 Å². The fourth-order valence-corrected chi connectivity index (χ4v) is 1.55. The van der Waals surface area contributed by atoms with E-state index in [1.807, 2.05) is 31.2 Å². The molecule has 0 unspecified atom stereocenters. The van der Waals surface area contributed by atoms with Crippen molar-refractivity contribution >= 4 is 5.91 Å². The highest BCUT2D eigenvalue weighted by Gasteiger charge is 2.05. The molecule has 3 N–H and O–H groups in total. The second-order valence-corrected chi connectivity index (χ2v) is 4.00. The van der Waals surface area contributed by atoms with Crippen molar-refractivity contribution in [3.8, 4) is 5.75 Å². The van der Waals surface area contributed by atoms with E-state index < -0.39 is 0 Å². The Hall–Kier alpha value is -1.59. The highest BCUT2D eigenvalue weighted by atomic mass is 16.5. The SMILES string of the molecule is CCOCCCNC(=O)COc1ccccc1CN. The summed E-state index contributed by atoms with van der Waals surface area (Å²) in [6, 6.07) is 7.44. The van der Waals surface area contributed by atoms with Crippen molar-refractivity contribution < 1.29 is 14.3 Å². The lowest BCUT2D eigenvalue weighted by Crippen LogP contribution is -2.30. The first-order valence-corrected chi connectivity index (χ1v) is 6.53. The molecular formula is C14H22N2O3. The molecular weight excluding hydrogens is 244 g/mol. The molecule has 106 valence electrons. The van der Waals surface area contributed by atoms with Crippen molar-refractivity contribution in [3.05, 3.63) is 29.8 Å². The van der Waals surface area contributed by atoms with Crippen molar-refractivity contribution in [2.45, 2.75) is 19.9 Å². The largest absolute Gasteiger partial charge is 0.483 e. The van der Waals surface area contributed by atoms with Gasteiger partial charge in [-0.1, -0.05) is 18.2 Å². The number of nitrogens with one attached hydrogen (secondary N) is 1. The molecule has 0 saturated heterocycles. The van der Waals surface area contributed by atoms with Crippen LogP contribution in [0.15, 0.2) is 24.3 Å². The number of ether oxygens (including phenoxy) is 2. The van der Waals surface area contributed by atoms with Gasteiger partial charge in [-0.2, -0.15) is 0 Å². The van der Waals surface area contributed by atoms with Crippen molar-refractivity contribution in [1.29, 1.82) is 0 Å². The van der Waals surface area contributed by atoms with Gasteiger partial charge in [0.15, 0.2) is 6.61 Å². The molecule has 1 aromatic carbocycles. The zero-order chi connectivity index (χ0) is 13.9. The molecule has 0 fully saturated rings. The van der Waals surface area contributed by atoms with E-state index in [4.69, 9.17) is 15.2 Å². The van der Waals surface area contributed by atoms with Crippen LogP contribution in [-0.2, 0) is 16.1 Å². The van der Waals surface area contributed by atoms with E-state index in [1.165, 1.54) is 0 Å². The molecule has 0 aliphatic carbocycles. The molecule has 0 aliphatic rings. The maximum Gasteiger partial charge on any atom is 0.257 e. The van der Waals surface area contributed by atoms with E-state index in [2.05, 4.69) is 5.32 Å². The predicted molar refractivity (Wildman–Crippen MR) is 73.9 cm³/mol. The number of benzene rings is 1. The molecule has 5 nitrogen and oxygen atoms in total. The number of amides is 1. The summed E-state index contributed by atoms with van der Waals surface area (Å²) in [5.41, 5.74) is 6.48. The first-order valence-electron chi connectivity index (χ1n) is 6.53. The number of hydrogen-bond donors (Lipinski definition) is 2. The first kappa shape index (κ1) is 15.5. The molecule has 1 aromatic rings. The summed E-state index contributed by atoms with van der Waals surface area (Å²) in [5, 5.41) is 2.77. The van der Waals surface area contributed by atoms with Gasteiger partial charge in [0.25, 0.3) is 5.91 Å². The van der Waals surface area contributed by atoms with Gasteiger partial charge in [-0.05, 0) is 19.4 Å². The van der Waals surface area contributed by atoms with Gasteiger partial charge >= 0.3 is 0 Å². The fraction of sp³-hybridized carbons (Fsp3) is 0.500. The van der Waals surface area contributed by atoms with E-state index in [1.54, 1.807) is 0 Å². The summed E-state index contributed by atoms with van der Waals surface area (Å²) >= 11 is 0. The van der Waals surface area contributed by atoms with E-state index in [0.29, 0.717) is 32.1 Å². The number of hydrogen-bond acceptors (Lipinski definition) is 4. The molecule has 0 aromatic heterocycles. The maximum atomic E-state index is 11.5. The third kappa shape index (κ3) is 6.22. The first-order chi connectivity index (χ1) is 9.27. The lowest BCUT2D eigenvalue weighted by atomic mass is 10.2. The van der Waals surface area contributed by atoms with Crippen LogP contribution in [0.25, 0.3) is 0 Å². The van der Waals surface area contributed by atoms with Gasteiger partial charge < -0.3 is 20.5 Å². The monoisotopic (exact) mass is 266 g/mol. The van der Waals surface area contributed by atoms with Crippen LogP contribution in [0.2, 0.25) is 0 Å². The Morgan fingerprint density at radius 1 is 1.37 bits per heavy atom.